The van der Waals surface area contributed by atoms with Gasteiger partial charge in [-0.1, -0.05) is 18.2 Å². The van der Waals surface area contributed by atoms with Crippen LogP contribution in [0, 0.1) is 6.92 Å². The summed E-state index contributed by atoms with van der Waals surface area (Å²) in [4.78, 5) is 11.8. The smallest absolute Gasteiger partial charge is 0.356 e. The van der Waals surface area contributed by atoms with Crippen molar-refractivity contribution in [3.05, 3.63) is 53.9 Å². The molecule has 0 aliphatic carbocycles. The first-order chi connectivity index (χ1) is 8.98. The number of nitrogens with zero attached hydrogens (tertiary/aromatic N) is 1. The first-order valence-electron chi connectivity index (χ1n) is 5.55. The minimum atomic E-state index is -3.79. The van der Waals surface area contributed by atoms with E-state index in [0.29, 0.717) is 5.56 Å². The second kappa shape index (κ2) is 4.89. The number of esters is 1. The second-order valence-corrected chi connectivity index (χ2v) is 5.77. The number of benzene rings is 1. The van der Waals surface area contributed by atoms with Crippen LogP contribution in [-0.2, 0) is 14.8 Å². The van der Waals surface area contributed by atoms with Crippen molar-refractivity contribution in [3.8, 4) is 0 Å². The zero-order chi connectivity index (χ0) is 14.0. The van der Waals surface area contributed by atoms with E-state index in [9.17, 15) is 13.2 Å². The average molecular weight is 279 g/mol. The van der Waals surface area contributed by atoms with E-state index >= 15 is 0 Å². The molecule has 1 aromatic carbocycles. The topological polar surface area (TPSA) is 65.4 Å². The van der Waals surface area contributed by atoms with Crippen molar-refractivity contribution < 1.29 is 17.9 Å². The van der Waals surface area contributed by atoms with Gasteiger partial charge < -0.3 is 4.74 Å². The van der Waals surface area contributed by atoms with E-state index in [4.69, 9.17) is 0 Å². The Hall–Kier alpha value is -2.08. The zero-order valence-corrected chi connectivity index (χ0v) is 11.3. The Morgan fingerprint density at radius 2 is 1.79 bits per heavy atom. The van der Waals surface area contributed by atoms with Crippen LogP contribution in [0.1, 0.15) is 16.1 Å². The van der Waals surface area contributed by atoms with Gasteiger partial charge in [-0.25, -0.2) is 17.2 Å². The van der Waals surface area contributed by atoms with Gasteiger partial charge >= 0.3 is 5.97 Å². The van der Waals surface area contributed by atoms with Crippen LogP contribution < -0.4 is 0 Å². The quantitative estimate of drug-likeness (QED) is 0.804. The highest BCUT2D eigenvalue weighted by atomic mass is 32.2. The predicted molar refractivity (Wildman–Crippen MR) is 69.5 cm³/mol. The summed E-state index contributed by atoms with van der Waals surface area (Å²) in [5, 5.41) is 0. The maximum atomic E-state index is 12.4. The van der Waals surface area contributed by atoms with Crippen LogP contribution in [0.25, 0.3) is 0 Å². The molecule has 0 spiro atoms. The molecule has 0 aliphatic rings. The van der Waals surface area contributed by atoms with E-state index in [0.717, 1.165) is 3.97 Å². The number of ether oxygens (including phenoxy) is 1. The van der Waals surface area contributed by atoms with Gasteiger partial charge in [0.25, 0.3) is 10.0 Å². The fourth-order valence-electron chi connectivity index (χ4n) is 1.76. The zero-order valence-electron chi connectivity index (χ0n) is 10.5. The normalized spacial score (nSPS) is 11.3. The molecule has 1 heterocycles. The number of rotatable bonds is 3. The number of methoxy groups -OCH3 is 1. The number of hydrogen-bond acceptors (Lipinski definition) is 4. The minimum Gasteiger partial charge on any atom is -0.464 e. The highest BCUT2D eigenvalue weighted by Crippen LogP contribution is 2.19. The Morgan fingerprint density at radius 3 is 2.37 bits per heavy atom. The van der Waals surface area contributed by atoms with Crippen LogP contribution in [-0.4, -0.2) is 25.5 Å². The summed E-state index contributed by atoms with van der Waals surface area (Å²) < 4.78 is 30.5. The van der Waals surface area contributed by atoms with E-state index in [1.54, 1.807) is 31.2 Å². The molecule has 0 bridgehead atoms. The fourth-order valence-corrected chi connectivity index (χ4v) is 3.17. The molecule has 0 saturated carbocycles. The lowest BCUT2D eigenvalue weighted by Crippen LogP contribution is -2.19. The molecular formula is C13H13NO4S. The van der Waals surface area contributed by atoms with Crippen molar-refractivity contribution >= 4 is 16.0 Å². The van der Waals surface area contributed by atoms with Gasteiger partial charge in [0.15, 0.2) is 0 Å². The van der Waals surface area contributed by atoms with Crippen LogP contribution in [0.15, 0.2) is 47.5 Å². The van der Waals surface area contributed by atoms with Crippen molar-refractivity contribution in [3.63, 3.8) is 0 Å². The molecule has 0 N–H and O–H groups in total. The Bertz CT molecular complexity index is 701. The van der Waals surface area contributed by atoms with Gasteiger partial charge in [0.1, 0.15) is 5.69 Å². The molecule has 6 heteroatoms. The van der Waals surface area contributed by atoms with Crippen molar-refractivity contribution in [2.24, 2.45) is 0 Å². The third-order valence-electron chi connectivity index (χ3n) is 2.73. The Morgan fingerprint density at radius 1 is 1.16 bits per heavy atom. The lowest BCUT2D eigenvalue weighted by atomic mass is 10.3. The van der Waals surface area contributed by atoms with Gasteiger partial charge in [-0.05, 0) is 30.7 Å². The third-order valence-corrected chi connectivity index (χ3v) is 4.42. The number of aromatic nitrogens is 1. The fraction of sp³-hybridized carbons (Fsp3) is 0.154. The molecule has 5 nitrogen and oxygen atoms in total. The van der Waals surface area contributed by atoms with Gasteiger partial charge in [-0.3, -0.25) is 0 Å². The van der Waals surface area contributed by atoms with Crippen LogP contribution in [0.4, 0.5) is 0 Å². The summed E-state index contributed by atoms with van der Waals surface area (Å²) >= 11 is 0. The first kappa shape index (κ1) is 13.4. The standard InChI is InChI=1S/C13H13NO4S/c1-10-8-9-14(12(10)13(15)18-2)19(16,17)11-6-4-3-5-7-11/h3-9H,1-2H3. The monoisotopic (exact) mass is 279 g/mol. The van der Waals surface area contributed by atoms with Crippen molar-refractivity contribution in [2.75, 3.05) is 7.11 Å². The molecule has 19 heavy (non-hydrogen) atoms. The third kappa shape index (κ3) is 2.26. The number of aryl methyl sites for hydroxylation is 1. The van der Waals surface area contributed by atoms with Crippen molar-refractivity contribution in [1.82, 2.24) is 3.97 Å². The summed E-state index contributed by atoms with van der Waals surface area (Å²) in [5.41, 5.74) is 0.567. The van der Waals surface area contributed by atoms with E-state index in [2.05, 4.69) is 4.74 Å². The van der Waals surface area contributed by atoms with Gasteiger partial charge in [0, 0.05) is 6.20 Å². The maximum Gasteiger partial charge on any atom is 0.356 e. The average Bonchev–Trinajstić information content (AvgIpc) is 2.81. The minimum absolute atomic E-state index is 0.0198. The molecule has 0 fully saturated rings. The summed E-state index contributed by atoms with van der Waals surface area (Å²) in [6.07, 6.45) is 1.35. The van der Waals surface area contributed by atoms with E-state index in [-0.39, 0.29) is 10.6 Å². The number of carbonyl (C=O) groups is 1. The lowest BCUT2D eigenvalue weighted by molar-refractivity contribution is 0.0592. The van der Waals surface area contributed by atoms with Crippen molar-refractivity contribution in [1.29, 1.82) is 0 Å². The Balaban J connectivity index is 2.63. The summed E-state index contributed by atoms with van der Waals surface area (Å²) in [6.45, 7) is 1.66. The molecule has 0 saturated heterocycles. The van der Waals surface area contributed by atoms with E-state index in [1.165, 1.54) is 25.4 Å². The SMILES string of the molecule is COC(=O)c1c(C)ccn1S(=O)(=O)c1ccccc1. The highest BCUT2D eigenvalue weighted by molar-refractivity contribution is 7.90. The van der Waals surface area contributed by atoms with Gasteiger partial charge in [0.2, 0.25) is 0 Å². The number of hydrogen-bond donors (Lipinski definition) is 0. The Kier molecular flexibility index (Phi) is 3.44. The molecule has 100 valence electrons. The van der Waals surface area contributed by atoms with Gasteiger partial charge in [-0.2, -0.15) is 0 Å². The maximum absolute atomic E-state index is 12.4. The second-order valence-electron chi connectivity index (χ2n) is 3.95. The summed E-state index contributed by atoms with van der Waals surface area (Å²) in [5.74, 6) is -0.679. The largest absolute Gasteiger partial charge is 0.464 e. The Labute approximate surface area is 111 Å². The molecule has 0 unspecified atom stereocenters. The van der Waals surface area contributed by atoms with Crippen molar-refractivity contribution in [2.45, 2.75) is 11.8 Å². The molecule has 2 rings (SSSR count). The summed E-state index contributed by atoms with van der Waals surface area (Å²) in [6, 6.07) is 9.49. The van der Waals surface area contributed by atoms with Gasteiger partial charge in [0.05, 0.1) is 12.0 Å². The molecule has 0 atom stereocenters. The molecule has 0 amide bonds. The first-order valence-corrected chi connectivity index (χ1v) is 6.99. The lowest BCUT2D eigenvalue weighted by Gasteiger charge is -2.09. The molecule has 0 radical (unpaired) electrons. The molecule has 0 aliphatic heterocycles. The van der Waals surface area contributed by atoms with Crippen LogP contribution in [0.2, 0.25) is 0 Å². The van der Waals surface area contributed by atoms with Crippen LogP contribution in [0.5, 0.6) is 0 Å². The predicted octanol–water partition coefficient (Wildman–Crippen LogP) is 1.82. The van der Waals surface area contributed by atoms with Crippen LogP contribution in [0.3, 0.4) is 0 Å². The molecule has 1 aromatic heterocycles. The highest BCUT2D eigenvalue weighted by Gasteiger charge is 2.24. The van der Waals surface area contributed by atoms with Gasteiger partial charge in [-0.15, -0.1) is 0 Å². The van der Waals surface area contributed by atoms with E-state index < -0.39 is 16.0 Å². The van der Waals surface area contributed by atoms with Crippen LogP contribution >= 0.6 is 0 Å². The van der Waals surface area contributed by atoms with E-state index in [1.807, 2.05) is 0 Å². The molecule has 2 aromatic rings. The summed E-state index contributed by atoms with van der Waals surface area (Å²) in [7, 11) is -2.57. The molecular weight excluding hydrogens is 266 g/mol. The number of carbonyl (C=O) groups excluding carboxylic acids is 1.